The SMILES string of the molecule is COC(=O)[C@]12CN(S(=O)(=O)c3ccc(C)cc3)c3ccccc3[C@H]1c1c(C)nn(-c3ccccc3)c1O[C@H]2c1cccc2ccccc12. The molecule has 5 aromatic carbocycles. The number of ether oxygens (including phenoxy) is 2. The van der Waals surface area contributed by atoms with Crippen molar-refractivity contribution in [3.63, 3.8) is 0 Å². The van der Waals surface area contributed by atoms with Crippen LogP contribution in [0.5, 0.6) is 5.88 Å². The lowest BCUT2D eigenvalue weighted by atomic mass is 9.60. The summed E-state index contributed by atoms with van der Waals surface area (Å²) in [6, 6.07) is 37.7. The average Bonchev–Trinajstić information content (AvgIpc) is 3.46. The first kappa shape index (κ1) is 30.0. The molecular weight excluding hydrogens is 623 g/mol. The number of rotatable bonds is 5. The number of methoxy groups -OCH3 is 1. The van der Waals surface area contributed by atoms with E-state index < -0.39 is 33.4 Å². The minimum atomic E-state index is -4.15. The molecule has 240 valence electrons. The molecule has 48 heavy (non-hydrogen) atoms. The Kier molecular flexibility index (Phi) is 6.92. The van der Waals surface area contributed by atoms with Crippen molar-refractivity contribution in [2.24, 2.45) is 5.41 Å². The van der Waals surface area contributed by atoms with E-state index in [4.69, 9.17) is 14.6 Å². The molecule has 2 aliphatic heterocycles. The lowest BCUT2D eigenvalue weighted by molar-refractivity contribution is -0.162. The van der Waals surface area contributed by atoms with Crippen LogP contribution in [0, 0.1) is 19.3 Å². The van der Waals surface area contributed by atoms with Gasteiger partial charge in [0.2, 0.25) is 5.88 Å². The number of benzene rings is 5. The zero-order valence-electron chi connectivity index (χ0n) is 26.7. The average molecular weight is 656 g/mol. The van der Waals surface area contributed by atoms with Gasteiger partial charge in [0.1, 0.15) is 11.5 Å². The molecule has 1 aromatic heterocycles. The van der Waals surface area contributed by atoms with E-state index >= 15 is 0 Å². The number of esters is 1. The first-order valence-corrected chi connectivity index (χ1v) is 17.3. The van der Waals surface area contributed by atoms with Crippen LogP contribution in [0.15, 0.2) is 126 Å². The van der Waals surface area contributed by atoms with Gasteiger partial charge in [-0.25, -0.2) is 13.1 Å². The molecule has 0 radical (unpaired) electrons. The zero-order valence-corrected chi connectivity index (χ0v) is 27.5. The van der Waals surface area contributed by atoms with Crippen molar-refractivity contribution in [1.29, 1.82) is 0 Å². The Hall–Kier alpha value is -5.41. The van der Waals surface area contributed by atoms with E-state index in [-0.39, 0.29) is 11.4 Å². The van der Waals surface area contributed by atoms with Gasteiger partial charge in [0, 0.05) is 17.0 Å². The summed E-state index contributed by atoms with van der Waals surface area (Å²) >= 11 is 0. The predicted octanol–water partition coefficient (Wildman–Crippen LogP) is 7.28. The predicted molar refractivity (Wildman–Crippen MR) is 184 cm³/mol. The number of para-hydroxylation sites is 2. The van der Waals surface area contributed by atoms with Gasteiger partial charge in [0.05, 0.1) is 35.6 Å². The molecule has 0 spiro atoms. The molecule has 9 heteroatoms. The van der Waals surface area contributed by atoms with Crippen LogP contribution < -0.4 is 9.04 Å². The van der Waals surface area contributed by atoms with E-state index in [1.165, 1.54) is 11.4 Å². The van der Waals surface area contributed by atoms with Crippen LogP contribution in [0.4, 0.5) is 5.69 Å². The van der Waals surface area contributed by atoms with Crippen LogP contribution >= 0.6 is 0 Å². The number of fused-ring (bicyclic) bond motifs is 6. The van der Waals surface area contributed by atoms with Gasteiger partial charge in [-0.1, -0.05) is 96.6 Å². The number of carbonyl (C=O) groups excluding carboxylic acids is 1. The lowest BCUT2D eigenvalue weighted by Gasteiger charge is -2.52. The number of aryl methyl sites for hydroxylation is 2. The molecule has 0 saturated carbocycles. The Bertz CT molecular complexity index is 2310. The van der Waals surface area contributed by atoms with Crippen molar-refractivity contribution < 1.29 is 22.7 Å². The van der Waals surface area contributed by atoms with E-state index in [1.54, 1.807) is 35.0 Å². The van der Waals surface area contributed by atoms with Crippen molar-refractivity contribution >= 4 is 32.5 Å². The second-order valence-electron chi connectivity index (χ2n) is 12.5. The zero-order chi connectivity index (χ0) is 33.2. The van der Waals surface area contributed by atoms with Gasteiger partial charge in [-0.2, -0.15) is 5.10 Å². The quantitative estimate of drug-likeness (QED) is 0.182. The topological polar surface area (TPSA) is 90.7 Å². The summed E-state index contributed by atoms with van der Waals surface area (Å²) in [6.45, 7) is 3.59. The van der Waals surface area contributed by atoms with Gasteiger partial charge >= 0.3 is 5.97 Å². The Morgan fingerprint density at radius 1 is 0.833 bits per heavy atom. The molecule has 0 bridgehead atoms. The molecule has 2 aliphatic rings. The number of nitrogens with zero attached hydrogens (tertiary/aromatic N) is 3. The normalized spacial score (nSPS) is 19.9. The third kappa shape index (κ3) is 4.30. The maximum atomic E-state index is 14.8. The van der Waals surface area contributed by atoms with Gasteiger partial charge in [0.15, 0.2) is 0 Å². The number of carbonyl (C=O) groups is 1. The van der Waals surface area contributed by atoms with Crippen LogP contribution in [0.3, 0.4) is 0 Å². The summed E-state index contributed by atoms with van der Waals surface area (Å²) in [5.41, 5.74) is 3.52. The molecule has 6 aromatic rings. The third-order valence-corrected chi connectivity index (χ3v) is 11.5. The first-order valence-electron chi connectivity index (χ1n) is 15.8. The van der Waals surface area contributed by atoms with Crippen molar-refractivity contribution in [3.8, 4) is 11.6 Å². The van der Waals surface area contributed by atoms with E-state index in [0.717, 1.165) is 33.2 Å². The van der Waals surface area contributed by atoms with Crippen LogP contribution in [-0.4, -0.2) is 37.8 Å². The van der Waals surface area contributed by atoms with Crippen molar-refractivity contribution in [1.82, 2.24) is 9.78 Å². The molecule has 0 amide bonds. The van der Waals surface area contributed by atoms with Gasteiger partial charge in [-0.15, -0.1) is 0 Å². The molecule has 8 nitrogen and oxygen atoms in total. The molecule has 3 heterocycles. The second kappa shape index (κ2) is 11.1. The maximum Gasteiger partial charge on any atom is 0.318 e. The maximum absolute atomic E-state index is 14.8. The highest BCUT2D eigenvalue weighted by atomic mass is 32.2. The van der Waals surface area contributed by atoms with E-state index in [2.05, 4.69) is 0 Å². The fourth-order valence-corrected chi connectivity index (χ4v) is 9.12. The Balaban J connectivity index is 1.48. The molecule has 8 rings (SSSR count). The number of aromatic nitrogens is 2. The highest BCUT2D eigenvalue weighted by molar-refractivity contribution is 7.92. The number of hydrogen-bond acceptors (Lipinski definition) is 6. The van der Waals surface area contributed by atoms with E-state index in [0.29, 0.717) is 22.8 Å². The summed E-state index contributed by atoms with van der Waals surface area (Å²) in [7, 11) is -2.80. The fraction of sp³-hybridized carbons (Fsp3) is 0.179. The van der Waals surface area contributed by atoms with Crippen LogP contribution in [0.25, 0.3) is 16.5 Å². The number of sulfonamides is 1. The minimum Gasteiger partial charge on any atom is -0.468 e. The summed E-state index contributed by atoms with van der Waals surface area (Å²) < 4.78 is 45.3. The molecule has 0 saturated heterocycles. The number of anilines is 1. The minimum absolute atomic E-state index is 0.133. The van der Waals surface area contributed by atoms with Gasteiger partial charge in [-0.3, -0.25) is 9.10 Å². The molecule has 0 aliphatic carbocycles. The lowest BCUT2D eigenvalue weighted by Crippen LogP contribution is -2.59. The van der Waals surface area contributed by atoms with E-state index in [9.17, 15) is 13.2 Å². The third-order valence-electron chi connectivity index (χ3n) is 9.77. The highest BCUT2D eigenvalue weighted by Gasteiger charge is 2.65. The summed E-state index contributed by atoms with van der Waals surface area (Å²) in [5.74, 6) is -0.719. The van der Waals surface area contributed by atoms with Crippen molar-refractivity contribution in [3.05, 3.63) is 149 Å². The summed E-state index contributed by atoms with van der Waals surface area (Å²) in [5, 5.41) is 6.82. The molecule has 0 N–H and O–H groups in total. The largest absolute Gasteiger partial charge is 0.468 e. The fourth-order valence-electron chi connectivity index (χ4n) is 7.57. The molecule has 0 fully saturated rings. The monoisotopic (exact) mass is 655 g/mol. The van der Waals surface area contributed by atoms with Gasteiger partial charge in [0.25, 0.3) is 10.0 Å². The van der Waals surface area contributed by atoms with Crippen LogP contribution in [-0.2, 0) is 19.6 Å². The smallest absolute Gasteiger partial charge is 0.318 e. The number of hydrogen-bond donors (Lipinski definition) is 0. The van der Waals surface area contributed by atoms with Crippen LogP contribution in [0.2, 0.25) is 0 Å². The molecular formula is C39H33N3O5S. The first-order chi connectivity index (χ1) is 23.3. The standard InChI is InChI=1S/C39H33N3O5S/c1-25-20-22-29(23-21-25)48(44,45)41-24-39(38(43)46-3)35(32-17-9-10-19-33(32)41)34-26(2)40-42(28-14-5-4-6-15-28)37(34)47-36(39)31-18-11-13-27-12-7-8-16-30(27)31/h4-23,35-36H,24H2,1-3H3/t35-,36-,39+/m0/s1. The summed E-state index contributed by atoms with van der Waals surface area (Å²) in [4.78, 5) is 14.9. The Labute approximate surface area is 279 Å². The van der Waals surface area contributed by atoms with Crippen molar-refractivity contribution in [2.45, 2.75) is 30.8 Å². The van der Waals surface area contributed by atoms with Gasteiger partial charge in [-0.05, 0) is 60.5 Å². The molecule has 3 atom stereocenters. The summed E-state index contributed by atoms with van der Waals surface area (Å²) in [6.07, 6.45) is -0.962. The second-order valence-corrected chi connectivity index (χ2v) is 14.3. The Morgan fingerprint density at radius 3 is 2.27 bits per heavy atom. The van der Waals surface area contributed by atoms with Crippen LogP contribution in [0.1, 0.15) is 40.0 Å². The molecule has 0 unspecified atom stereocenters. The Morgan fingerprint density at radius 2 is 1.50 bits per heavy atom. The van der Waals surface area contributed by atoms with E-state index in [1.807, 2.05) is 105 Å². The highest BCUT2D eigenvalue weighted by Crippen LogP contribution is 2.63. The van der Waals surface area contributed by atoms with Crippen molar-refractivity contribution in [2.75, 3.05) is 18.0 Å². The van der Waals surface area contributed by atoms with Gasteiger partial charge < -0.3 is 9.47 Å².